The zero-order valence-electron chi connectivity index (χ0n) is 19.3. The van der Waals surface area contributed by atoms with E-state index < -0.39 is 5.97 Å². The summed E-state index contributed by atoms with van der Waals surface area (Å²) in [6, 6.07) is 7.60. The summed E-state index contributed by atoms with van der Waals surface area (Å²) >= 11 is 2.46. The second kappa shape index (κ2) is 11.0. The van der Waals surface area contributed by atoms with Gasteiger partial charge < -0.3 is 19.5 Å². The molecule has 10 heteroatoms. The highest BCUT2D eigenvalue weighted by atomic mass is 32.1. The molecule has 0 saturated carbocycles. The van der Waals surface area contributed by atoms with Crippen molar-refractivity contribution in [3.8, 4) is 28.8 Å². The Labute approximate surface area is 205 Å². The Kier molecular flexibility index (Phi) is 8.04. The number of carbonyl (C=O) groups excluding carboxylic acids is 2. The molecule has 2 aromatic heterocycles. The molecular weight excluding hydrogens is 474 g/mol. The number of thiophene rings is 1. The number of thiazole rings is 1. The predicted octanol–water partition coefficient (Wildman–Crippen LogP) is 5.55. The maximum atomic E-state index is 12.5. The zero-order valence-corrected chi connectivity index (χ0v) is 21.0. The van der Waals surface area contributed by atoms with Gasteiger partial charge in [0.05, 0.1) is 37.0 Å². The Balaban J connectivity index is 1.93. The van der Waals surface area contributed by atoms with Crippen molar-refractivity contribution in [2.24, 2.45) is 0 Å². The number of Topliss-reactive ketones (excluding diaryl/α,β-unsaturated/α-hetero) is 1. The van der Waals surface area contributed by atoms with Crippen LogP contribution in [0.4, 0.5) is 5.00 Å². The van der Waals surface area contributed by atoms with Gasteiger partial charge >= 0.3 is 5.97 Å². The van der Waals surface area contributed by atoms with Gasteiger partial charge in [-0.2, -0.15) is 5.26 Å². The number of esters is 1. The topological polar surface area (TPSA) is 111 Å². The second-order valence-electron chi connectivity index (χ2n) is 6.96. The molecular formula is C24H23N3O5S2. The summed E-state index contributed by atoms with van der Waals surface area (Å²) in [5, 5.41) is 15.5. The van der Waals surface area contributed by atoms with Crippen LogP contribution in [-0.4, -0.2) is 37.6 Å². The fraction of sp³-hybridized carbons (Fsp3) is 0.250. The number of nitrogens with zero attached hydrogens (tertiary/aromatic N) is 2. The molecule has 0 atom stereocenters. The molecule has 0 unspecified atom stereocenters. The minimum atomic E-state index is -0.525. The highest BCUT2D eigenvalue weighted by Gasteiger charge is 2.24. The number of ether oxygens (including phenoxy) is 3. The molecule has 0 aliphatic rings. The Morgan fingerprint density at radius 2 is 1.97 bits per heavy atom. The molecule has 0 aliphatic carbocycles. The molecule has 0 bridgehead atoms. The average Bonchev–Trinajstić information content (AvgIpc) is 3.44. The minimum absolute atomic E-state index is 0.148. The summed E-state index contributed by atoms with van der Waals surface area (Å²) in [5.41, 5.74) is 2.61. The number of nitriles is 1. The molecule has 2 heterocycles. The summed E-state index contributed by atoms with van der Waals surface area (Å²) in [5.74, 6) is 0.512. The van der Waals surface area contributed by atoms with Gasteiger partial charge in [0.1, 0.15) is 21.7 Å². The van der Waals surface area contributed by atoms with Crippen molar-refractivity contribution in [1.29, 1.82) is 5.26 Å². The summed E-state index contributed by atoms with van der Waals surface area (Å²) in [4.78, 5) is 29.5. The van der Waals surface area contributed by atoms with Crippen molar-refractivity contribution in [3.05, 3.63) is 50.8 Å². The molecule has 34 heavy (non-hydrogen) atoms. The molecule has 0 fully saturated rings. The van der Waals surface area contributed by atoms with Gasteiger partial charge in [0.15, 0.2) is 17.3 Å². The molecule has 0 radical (unpaired) electrons. The average molecular weight is 498 g/mol. The normalized spacial score (nSPS) is 11.0. The maximum Gasteiger partial charge on any atom is 0.341 e. The third-order valence-corrected chi connectivity index (χ3v) is 7.03. The van der Waals surface area contributed by atoms with E-state index in [1.165, 1.54) is 24.5 Å². The highest BCUT2D eigenvalue weighted by Crippen LogP contribution is 2.36. The number of methoxy groups -OCH3 is 2. The Bertz CT molecular complexity index is 1300. The van der Waals surface area contributed by atoms with Crippen molar-refractivity contribution >= 4 is 45.0 Å². The van der Waals surface area contributed by atoms with Crippen LogP contribution in [0.3, 0.4) is 0 Å². The second-order valence-corrected chi connectivity index (χ2v) is 8.84. The Morgan fingerprint density at radius 3 is 2.59 bits per heavy atom. The lowest BCUT2D eigenvalue weighted by atomic mass is 10.1. The van der Waals surface area contributed by atoms with Crippen LogP contribution in [0.1, 0.15) is 44.4 Å². The van der Waals surface area contributed by atoms with Crippen LogP contribution in [0, 0.1) is 18.3 Å². The number of ketones is 1. The molecule has 0 aliphatic heterocycles. The van der Waals surface area contributed by atoms with E-state index >= 15 is 0 Å². The van der Waals surface area contributed by atoms with Crippen LogP contribution in [-0.2, 0) is 4.74 Å². The summed E-state index contributed by atoms with van der Waals surface area (Å²) in [7, 11) is 3.13. The van der Waals surface area contributed by atoms with Gasteiger partial charge in [-0.25, -0.2) is 9.78 Å². The van der Waals surface area contributed by atoms with Gasteiger partial charge in [-0.1, -0.05) is 0 Å². The van der Waals surface area contributed by atoms with Crippen LogP contribution in [0.15, 0.2) is 29.8 Å². The molecule has 1 N–H and O–H groups in total. The molecule has 0 amide bonds. The van der Waals surface area contributed by atoms with Crippen molar-refractivity contribution < 1.29 is 23.8 Å². The predicted molar refractivity (Wildman–Crippen MR) is 133 cm³/mol. The number of hydrogen-bond donors (Lipinski definition) is 1. The third-order valence-electron chi connectivity index (χ3n) is 4.83. The number of anilines is 1. The van der Waals surface area contributed by atoms with Crippen LogP contribution >= 0.6 is 22.7 Å². The smallest absolute Gasteiger partial charge is 0.341 e. The Morgan fingerprint density at radius 1 is 1.24 bits per heavy atom. The molecule has 0 saturated heterocycles. The number of hydrogen-bond acceptors (Lipinski definition) is 10. The van der Waals surface area contributed by atoms with Crippen molar-refractivity contribution in [1.82, 2.24) is 4.98 Å². The van der Waals surface area contributed by atoms with E-state index in [1.807, 2.05) is 17.5 Å². The van der Waals surface area contributed by atoms with E-state index in [0.29, 0.717) is 37.6 Å². The van der Waals surface area contributed by atoms with E-state index in [4.69, 9.17) is 14.2 Å². The number of benzene rings is 1. The lowest BCUT2D eigenvalue weighted by Gasteiger charge is -2.08. The molecule has 8 nitrogen and oxygen atoms in total. The number of aromatic nitrogens is 1. The Hall–Kier alpha value is -3.68. The molecule has 1 aromatic carbocycles. The summed E-state index contributed by atoms with van der Waals surface area (Å²) in [6.45, 7) is 5.07. The lowest BCUT2D eigenvalue weighted by molar-refractivity contribution is 0.0527. The third kappa shape index (κ3) is 5.11. The van der Waals surface area contributed by atoms with Crippen molar-refractivity contribution in [2.75, 3.05) is 26.1 Å². The minimum Gasteiger partial charge on any atom is -0.493 e. The number of allylic oxidation sites excluding steroid dienone is 1. The number of nitrogens with one attached hydrogen (secondary N) is 1. The standard InChI is InChI=1S/C24H23N3O5S2/c1-6-32-24(29)20-13(2)21(14(3)28)34-23(20)26-11-16(10-25)22-27-17(12-33-22)15-7-8-18(30-4)19(9-15)31-5/h7-9,11-12,26H,6H2,1-5H3/b16-11-. The fourth-order valence-corrected chi connectivity index (χ4v) is 5.06. The fourth-order valence-electron chi connectivity index (χ4n) is 3.21. The van der Waals surface area contributed by atoms with Crippen LogP contribution in [0.5, 0.6) is 11.5 Å². The van der Waals surface area contributed by atoms with Crippen molar-refractivity contribution in [3.63, 3.8) is 0 Å². The van der Waals surface area contributed by atoms with E-state index in [9.17, 15) is 14.9 Å². The molecule has 0 spiro atoms. The monoisotopic (exact) mass is 497 g/mol. The van der Waals surface area contributed by atoms with Gasteiger partial charge in [0, 0.05) is 17.1 Å². The quantitative estimate of drug-likeness (QED) is 0.233. The van der Waals surface area contributed by atoms with Crippen molar-refractivity contribution in [2.45, 2.75) is 20.8 Å². The van der Waals surface area contributed by atoms with E-state index in [0.717, 1.165) is 16.9 Å². The van der Waals surface area contributed by atoms with Crippen LogP contribution in [0.25, 0.3) is 16.8 Å². The largest absolute Gasteiger partial charge is 0.493 e. The first-order valence-corrected chi connectivity index (χ1v) is 11.9. The van der Waals surface area contributed by atoms with E-state index in [2.05, 4.69) is 16.4 Å². The number of rotatable bonds is 9. The summed E-state index contributed by atoms with van der Waals surface area (Å²) < 4.78 is 15.8. The SMILES string of the molecule is CCOC(=O)c1c(N/C=C(/C#N)c2nc(-c3ccc(OC)c(OC)c3)cs2)sc(C(C)=O)c1C. The van der Waals surface area contributed by atoms with Crippen LogP contribution < -0.4 is 14.8 Å². The highest BCUT2D eigenvalue weighted by molar-refractivity contribution is 7.18. The van der Waals surface area contributed by atoms with Gasteiger partial charge in [0.25, 0.3) is 0 Å². The van der Waals surface area contributed by atoms with E-state index in [-0.39, 0.29) is 23.5 Å². The number of carbonyl (C=O) groups is 2. The van der Waals surface area contributed by atoms with Gasteiger partial charge in [-0.3, -0.25) is 4.79 Å². The molecule has 3 aromatic rings. The van der Waals surface area contributed by atoms with Gasteiger partial charge in [-0.15, -0.1) is 22.7 Å². The van der Waals surface area contributed by atoms with Crippen LogP contribution in [0.2, 0.25) is 0 Å². The van der Waals surface area contributed by atoms with Gasteiger partial charge in [-0.05, 0) is 44.5 Å². The summed E-state index contributed by atoms with van der Waals surface area (Å²) in [6.07, 6.45) is 1.48. The maximum absolute atomic E-state index is 12.5. The first-order chi connectivity index (χ1) is 16.3. The zero-order chi connectivity index (χ0) is 24.8. The lowest BCUT2D eigenvalue weighted by Crippen LogP contribution is -2.08. The molecule has 3 rings (SSSR count). The first kappa shape index (κ1) is 25.0. The van der Waals surface area contributed by atoms with Gasteiger partial charge in [0.2, 0.25) is 0 Å². The van der Waals surface area contributed by atoms with E-state index in [1.54, 1.807) is 34.1 Å². The molecule has 176 valence electrons. The first-order valence-electron chi connectivity index (χ1n) is 10.2.